The molecule has 0 amide bonds. The van der Waals surface area contributed by atoms with Crippen molar-refractivity contribution in [1.82, 2.24) is 9.21 Å². The predicted molar refractivity (Wildman–Crippen MR) is 85.7 cm³/mol. The molecular formula is C16H21F3N2O3S. The molecule has 2 heterocycles. The van der Waals surface area contributed by atoms with E-state index in [2.05, 4.69) is 9.64 Å². The van der Waals surface area contributed by atoms with Gasteiger partial charge in [0.05, 0.1) is 0 Å². The zero-order valence-corrected chi connectivity index (χ0v) is 14.5. The molecule has 2 aliphatic rings. The first-order valence-electron chi connectivity index (χ1n) is 8.36. The molecule has 5 nitrogen and oxygen atoms in total. The summed E-state index contributed by atoms with van der Waals surface area (Å²) in [4.78, 5) is 1.94. The third kappa shape index (κ3) is 4.27. The van der Waals surface area contributed by atoms with Crippen molar-refractivity contribution in [3.63, 3.8) is 0 Å². The van der Waals surface area contributed by atoms with Gasteiger partial charge in [-0.05, 0) is 50.9 Å². The second-order valence-electron chi connectivity index (χ2n) is 6.37. The van der Waals surface area contributed by atoms with Crippen LogP contribution in [0, 0.1) is 0 Å². The van der Waals surface area contributed by atoms with E-state index in [4.69, 9.17) is 0 Å². The number of rotatable bonds is 4. The molecular weight excluding hydrogens is 357 g/mol. The minimum absolute atomic E-state index is 0.309. The first kappa shape index (κ1) is 18.5. The predicted octanol–water partition coefficient (Wildman–Crippen LogP) is 2.83. The maximum absolute atomic E-state index is 12.8. The van der Waals surface area contributed by atoms with E-state index >= 15 is 0 Å². The van der Waals surface area contributed by atoms with Crippen LogP contribution in [0.2, 0.25) is 0 Å². The Kier molecular flexibility index (Phi) is 5.26. The topological polar surface area (TPSA) is 49.9 Å². The molecule has 9 heteroatoms. The van der Waals surface area contributed by atoms with Crippen LogP contribution in [-0.4, -0.2) is 56.2 Å². The van der Waals surface area contributed by atoms with Crippen molar-refractivity contribution in [3.05, 3.63) is 24.3 Å². The number of para-hydroxylation sites is 1. The number of piperidine rings is 1. The molecule has 1 aromatic carbocycles. The van der Waals surface area contributed by atoms with Gasteiger partial charge in [0.1, 0.15) is 10.6 Å². The third-order valence-electron chi connectivity index (χ3n) is 4.77. The quantitative estimate of drug-likeness (QED) is 0.809. The lowest BCUT2D eigenvalue weighted by molar-refractivity contribution is -0.275. The van der Waals surface area contributed by atoms with E-state index in [0.29, 0.717) is 32.0 Å². The van der Waals surface area contributed by atoms with Crippen LogP contribution in [0.15, 0.2) is 29.2 Å². The summed E-state index contributed by atoms with van der Waals surface area (Å²) in [5.41, 5.74) is 0. The lowest BCUT2D eigenvalue weighted by Gasteiger charge is -2.36. The number of alkyl halides is 3. The van der Waals surface area contributed by atoms with Crippen LogP contribution < -0.4 is 4.74 Å². The Morgan fingerprint density at radius 1 is 1.00 bits per heavy atom. The molecule has 2 aliphatic heterocycles. The number of sulfonamides is 1. The zero-order chi connectivity index (χ0) is 18.1. The highest BCUT2D eigenvalue weighted by atomic mass is 32.2. The van der Waals surface area contributed by atoms with E-state index < -0.39 is 27.0 Å². The Balaban J connectivity index is 1.74. The standard InChI is InChI=1S/C16H21F3N2O3S/c17-16(18,19)24-14-5-1-2-6-15(14)25(22,23)21-11-7-13(8-12-21)20-9-3-4-10-20/h1-2,5-6,13H,3-4,7-12H2. The van der Waals surface area contributed by atoms with Crippen molar-refractivity contribution in [2.24, 2.45) is 0 Å². The van der Waals surface area contributed by atoms with Gasteiger partial charge in [-0.3, -0.25) is 0 Å². The lowest BCUT2D eigenvalue weighted by Crippen LogP contribution is -2.45. The van der Waals surface area contributed by atoms with Crippen LogP contribution in [0.25, 0.3) is 0 Å². The number of hydrogen-bond acceptors (Lipinski definition) is 4. The second kappa shape index (κ2) is 7.13. The molecule has 0 N–H and O–H groups in total. The van der Waals surface area contributed by atoms with E-state index in [-0.39, 0.29) is 0 Å². The Labute approximate surface area is 145 Å². The number of hydrogen-bond donors (Lipinski definition) is 0. The van der Waals surface area contributed by atoms with Crippen LogP contribution in [0.3, 0.4) is 0 Å². The molecule has 2 saturated heterocycles. The summed E-state index contributed by atoms with van der Waals surface area (Å²) in [5.74, 6) is -0.684. The minimum Gasteiger partial charge on any atom is -0.404 e. The van der Waals surface area contributed by atoms with Crippen molar-refractivity contribution in [2.45, 2.75) is 43.0 Å². The summed E-state index contributed by atoms with van der Waals surface area (Å²) in [6.07, 6.45) is -1.21. The SMILES string of the molecule is O=S(=O)(c1ccccc1OC(F)(F)F)N1CCC(N2CCCC2)CC1. The number of nitrogens with zero attached hydrogens (tertiary/aromatic N) is 2. The van der Waals surface area contributed by atoms with Crippen molar-refractivity contribution >= 4 is 10.0 Å². The first-order chi connectivity index (χ1) is 11.8. The van der Waals surface area contributed by atoms with Gasteiger partial charge < -0.3 is 9.64 Å². The zero-order valence-electron chi connectivity index (χ0n) is 13.7. The van der Waals surface area contributed by atoms with Gasteiger partial charge in [-0.25, -0.2) is 8.42 Å². The van der Waals surface area contributed by atoms with Gasteiger partial charge in [0.2, 0.25) is 10.0 Å². The van der Waals surface area contributed by atoms with Crippen molar-refractivity contribution in [1.29, 1.82) is 0 Å². The molecule has 0 atom stereocenters. The third-order valence-corrected chi connectivity index (χ3v) is 6.71. The van der Waals surface area contributed by atoms with Crippen molar-refractivity contribution < 1.29 is 26.3 Å². The highest BCUT2D eigenvalue weighted by Gasteiger charge is 2.37. The molecule has 0 bridgehead atoms. The Hall–Kier alpha value is -1.32. The van der Waals surface area contributed by atoms with Crippen LogP contribution in [0.4, 0.5) is 13.2 Å². The van der Waals surface area contributed by atoms with Crippen LogP contribution in [0.1, 0.15) is 25.7 Å². The maximum atomic E-state index is 12.8. The summed E-state index contributed by atoms with van der Waals surface area (Å²) < 4.78 is 68.4. The Bertz CT molecular complexity index is 695. The molecule has 0 aromatic heterocycles. The molecule has 0 aliphatic carbocycles. The highest BCUT2D eigenvalue weighted by molar-refractivity contribution is 7.89. The number of benzene rings is 1. The van der Waals surface area contributed by atoms with Gasteiger partial charge in [0.25, 0.3) is 0 Å². The second-order valence-corrected chi connectivity index (χ2v) is 8.28. The largest absolute Gasteiger partial charge is 0.573 e. The molecule has 3 rings (SSSR count). The van der Waals surface area contributed by atoms with E-state index in [0.717, 1.165) is 25.2 Å². The fourth-order valence-electron chi connectivity index (χ4n) is 3.57. The summed E-state index contributed by atoms with van der Waals surface area (Å²) in [6, 6.07) is 5.25. The summed E-state index contributed by atoms with van der Waals surface area (Å²) in [7, 11) is -4.02. The first-order valence-corrected chi connectivity index (χ1v) is 9.80. The monoisotopic (exact) mass is 378 g/mol. The Morgan fingerprint density at radius 3 is 2.20 bits per heavy atom. The number of halogens is 3. The number of ether oxygens (including phenoxy) is 1. The van der Waals surface area contributed by atoms with E-state index in [1.54, 1.807) is 0 Å². The Morgan fingerprint density at radius 2 is 1.60 bits per heavy atom. The average molecular weight is 378 g/mol. The van der Waals surface area contributed by atoms with Gasteiger partial charge in [0.15, 0.2) is 0 Å². The summed E-state index contributed by atoms with van der Waals surface area (Å²) >= 11 is 0. The molecule has 1 aromatic rings. The van der Waals surface area contributed by atoms with Crippen LogP contribution in [0.5, 0.6) is 5.75 Å². The van der Waals surface area contributed by atoms with Crippen LogP contribution in [-0.2, 0) is 10.0 Å². The highest BCUT2D eigenvalue weighted by Crippen LogP contribution is 2.33. The average Bonchev–Trinajstić information content (AvgIpc) is 3.08. The van der Waals surface area contributed by atoms with Gasteiger partial charge in [-0.1, -0.05) is 12.1 Å². The molecule has 2 fully saturated rings. The van der Waals surface area contributed by atoms with E-state index in [1.165, 1.54) is 29.3 Å². The maximum Gasteiger partial charge on any atom is 0.573 e. The lowest BCUT2D eigenvalue weighted by atomic mass is 10.1. The summed E-state index contributed by atoms with van der Waals surface area (Å²) in [6.45, 7) is 2.70. The molecule has 25 heavy (non-hydrogen) atoms. The van der Waals surface area contributed by atoms with E-state index in [1.807, 2.05) is 0 Å². The fourth-order valence-corrected chi connectivity index (χ4v) is 5.15. The summed E-state index contributed by atoms with van der Waals surface area (Å²) in [5, 5.41) is 0. The molecule has 0 spiro atoms. The molecule has 0 saturated carbocycles. The van der Waals surface area contributed by atoms with Crippen molar-refractivity contribution in [3.8, 4) is 5.75 Å². The fraction of sp³-hybridized carbons (Fsp3) is 0.625. The van der Waals surface area contributed by atoms with E-state index in [9.17, 15) is 21.6 Å². The van der Waals surface area contributed by atoms with Gasteiger partial charge in [-0.2, -0.15) is 4.31 Å². The van der Waals surface area contributed by atoms with Crippen LogP contribution >= 0.6 is 0 Å². The molecule has 140 valence electrons. The normalized spacial score (nSPS) is 21.6. The molecule has 0 radical (unpaired) electrons. The number of likely N-dealkylation sites (tertiary alicyclic amines) is 1. The van der Waals surface area contributed by atoms with Gasteiger partial charge in [-0.15, -0.1) is 13.2 Å². The van der Waals surface area contributed by atoms with Crippen molar-refractivity contribution in [2.75, 3.05) is 26.2 Å². The molecule has 0 unspecified atom stereocenters. The smallest absolute Gasteiger partial charge is 0.404 e. The van der Waals surface area contributed by atoms with Gasteiger partial charge in [0, 0.05) is 19.1 Å². The minimum atomic E-state index is -4.94. The van der Waals surface area contributed by atoms with Gasteiger partial charge >= 0.3 is 6.36 Å².